The van der Waals surface area contributed by atoms with E-state index >= 15 is 0 Å². The van der Waals surface area contributed by atoms with Crippen LogP contribution in [0, 0.1) is 13.8 Å². The molecule has 2 rings (SSSR count). The van der Waals surface area contributed by atoms with Crippen molar-refractivity contribution in [3.63, 3.8) is 0 Å². The van der Waals surface area contributed by atoms with Gasteiger partial charge in [-0.1, -0.05) is 6.07 Å². The lowest BCUT2D eigenvalue weighted by Gasteiger charge is -2.37. The Kier molecular flexibility index (Phi) is 4.44. The maximum Gasteiger partial charge on any atom is 0.243 e. The maximum atomic E-state index is 12.9. The number of hydrogen-bond acceptors (Lipinski definition) is 4. The quantitative estimate of drug-likeness (QED) is 0.919. The SMILES string of the molecule is Cc1cc(C)c(S(=O)(=O)N2CCOC(C)(C)C2)cc1CN. The number of nitrogens with two attached hydrogens (primary N) is 1. The first-order valence-corrected chi connectivity index (χ1v) is 8.56. The Labute approximate surface area is 127 Å². The van der Waals surface area contributed by atoms with Gasteiger partial charge in [0.05, 0.1) is 17.1 Å². The summed E-state index contributed by atoms with van der Waals surface area (Å²) in [6, 6.07) is 3.60. The Morgan fingerprint density at radius 2 is 1.95 bits per heavy atom. The molecule has 118 valence electrons. The molecule has 1 aromatic rings. The van der Waals surface area contributed by atoms with Gasteiger partial charge in [-0.2, -0.15) is 4.31 Å². The number of ether oxygens (including phenoxy) is 1. The molecule has 1 fully saturated rings. The first kappa shape index (κ1) is 16.4. The fourth-order valence-corrected chi connectivity index (χ4v) is 4.52. The molecule has 6 heteroatoms. The molecular formula is C15H24N2O3S. The van der Waals surface area contributed by atoms with Crippen LogP contribution in [-0.4, -0.2) is 38.0 Å². The van der Waals surface area contributed by atoms with Crippen LogP contribution in [-0.2, 0) is 21.3 Å². The molecule has 0 spiro atoms. The molecule has 0 aliphatic carbocycles. The first-order chi connectivity index (χ1) is 9.67. The maximum absolute atomic E-state index is 12.9. The van der Waals surface area contributed by atoms with Gasteiger partial charge < -0.3 is 10.5 Å². The van der Waals surface area contributed by atoms with Crippen molar-refractivity contribution in [3.8, 4) is 0 Å². The van der Waals surface area contributed by atoms with E-state index in [0.717, 1.165) is 16.7 Å². The van der Waals surface area contributed by atoms with Crippen LogP contribution >= 0.6 is 0 Å². The number of sulfonamides is 1. The summed E-state index contributed by atoms with van der Waals surface area (Å²) < 4.78 is 32.9. The molecule has 0 atom stereocenters. The molecule has 1 aliphatic rings. The smallest absolute Gasteiger partial charge is 0.243 e. The number of rotatable bonds is 3. The Morgan fingerprint density at radius 3 is 2.52 bits per heavy atom. The summed E-state index contributed by atoms with van der Waals surface area (Å²) in [7, 11) is -3.52. The molecule has 1 aliphatic heterocycles. The molecule has 0 saturated carbocycles. The zero-order valence-corrected chi connectivity index (χ0v) is 14.0. The lowest BCUT2D eigenvalue weighted by Crippen LogP contribution is -2.50. The number of morpholine rings is 1. The van der Waals surface area contributed by atoms with E-state index in [0.29, 0.717) is 31.1 Å². The van der Waals surface area contributed by atoms with E-state index in [2.05, 4.69) is 0 Å². The standard InChI is InChI=1S/C15H24N2O3S/c1-11-7-12(2)14(8-13(11)9-16)21(18,19)17-5-6-20-15(3,4)10-17/h7-8H,5-6,9-10,16H2,1-4H3. The Bertz CT molecular complexity index is 639. The van der Waals surface area contributed by atoms with Gasteiger partial charge in [-0.3, -0.25) is 0 Å². The van der Waals surface area contributed by atoms with Crippen molar-refractivity contribution in [2.45, 2.75) is 44.7 Å². The van der Waals surface area contributed by atoms with Gasteiger partial charge in [-0.25, -0.2) is 8.42 Å². The minimum Gasteiger partial charge on any atom is -0.373 e. The Balaban J connectivity index is 2.44. The highest BCUT2D eigenvalue weighted by atomic mass is 32.2. The van der Waals surface area contributed by atoms with Crippen LogP contribution in [0.25, 0.3) is 0 Å². The fourth-order valence-electron chi connectivity index (χ4n) is 2.69. The van der Waals surface area contributed by atoms with Crippen LogP contribution in [0.5, 0.6) is 0 Å². The van der Waals surface area contributed by atoms with Crippen molar-refractivity contribution < 1.29 is 13.2 Å². The van der Waals surface area contributed by atoms with Crippen molar-refractivity contribution >= 4 is 10.0 Å². The lowest BCUT2D eigenvalue weighted by molar-refractivity contribution is -0.0640. The van der Waals surface area contributed by atoms with Crippen LogP contribution in [0.15, 0.2) is 17.0 Å². The van der Waals surface area contributed by atoms with Crippen LogP contribution in [0.2, 0.25) is 0 Å². The molecule has 0 bridgehead atoms. The highest BCUT2D eigenvalue weighted by Gasteiger charge is 2.35. The monoisotopic (exact) mass is 312 g/mol. The minimum absolute atomic E-state index is 0.337. The van der Waals surface area contributed by atoms with E-state index < -0.39 is 15.6 Å². The first-order valence-electron chi connectivity index (χ1n) is 7.12. The summed E-state index contributed by atoms with van der Waals surface area (Å²) in [5, 5.41) is 0. The number of hydrogen-bond donors (Lipinski definition) is 1. The molecule has 0 amide bonds. The minimum atomic E-state index is -3.52. The van der Waals surface area contributed by atoms with Gasteiger partial charge in [0.2, 0.25) is 10.0 Å². The molecule has 1 heterocycles. The van der Waals surface area contributed by atoms with Crippen molar-refractivity contribution in [3.05, 3.63) is 28.8 Å². The van der Waals surface area contributed by atoms with E-state index in [4.69, 9.17) is 10.5 Å². The van der Waals surface area contributed by atoms with Gasteiger partial charge in [0.25, 0.3) is 0 Å². The molecule has 5 nitrogen and oxygen atoms in total. The van der Waals surface area contributed by atoms with Crippen molar-refractivity contribution in [2.75, 3.05) is 19.7 Å². The van der Waals surface area contributed by atoms with Gasteiger partial charge in [0.15, 0.2) is 0 Å². The molecule has 0 aromatic heterocycles. The van der Waals surface area contributed by atoms with Gasteiger partial charge in [-0.15, -0.1) is 0 Å². The summed E-state index contributed by atoms with van der Waals surface area (Å²) in [5.74, 6) is 0. The second-order valence-electron chi connectivity index (χ2n) is 6.20. The predicted octanol–water partition coefficient (Wildman–Crippen LogP) is 1.56. The number of benzene rings is 1. The van der Waals surface area contributed by atoms with Crippen molar-refractivity contribution in [1.82, 2.24) is 4.31 Å². The summed E-state index contributed by atoms with van der Waals surface area (Å²) in [6.07, 6.45) is 0. The van der Waals surface area contributed by atoms with E-state index in [1.807, 2.05) is 33.8 Å². The second kappa shape index (κ2) is 5.68. The third-order valence-electron chi connectivity index (χ3n) is 3.86. The average molecular weight is 312 g/mol. The normalized spacial score (nSPS) is 19.7. The van der Waals surface area contributed by atoms with Crippen molar-refractivity contribution in [1.29, 1.82) is 0 Å². The van der Waals surface area contributed by atoms with Crippen LogP contribution in [0.1, 0.15) is 30.5 Å². The third-order valence-corrected chi connectivity index (χ3v) is 5.85. The van der Waals surface area contributed by atoms with Gasteiger partial charge in [-0.05, 0) is 50.5 Å². The van der Waals surface area contributed by atoms with Gasteiger partial charge in [0.1, 0.15) is 0 Å². The topological polar surface area (TPSA) is 72.6 Å². The number of nitrogens with zero attached hydrogens (tertiary/aromatic N) is 1. The van der Waals surface area contributed by atoms with E-state index in [-0.39, 0.29) is 0 Å². The lowest BCUT2D eigenvalue weighted by atomic mass is 10.1. The predicted molar refractivity (Wildman–Crippen MR) is 82.6 cm³/mol. The van der Waals surface area contributed by atoms with Crippen LogP contribution < -0.4 is 5.73 Å². The van der Waals surface area contributed by atoms with E-state index in [1.165, 1.54) is 4.31 Å². The fraction of sp³-hybridized carbons (Fsp3) is 0.600. The largest absolute Gasteiger partial charge is 0.373 e. The van der Waals surface area contributed by atoms with Crippen LogP contribution in [0.3, 0.4) is 0 Å². The molecule has 1 aromatic carbocycles. The molecular weight excluding hydrogens is 288 g/mol. The van der Waals surface area contributed by atoms with E-state index in [1.54, 1.807) is 6.07 Å². The summed E-state index contributed by atoms with van der Waals surface area (Å²) in [6.45, 7) is 9.08. The molecule has 21 heavy (non-hydrogen) atoms. The summed E-state index contributed by atoms with van der Waals surface area (Å²) >= 11 is 0. The zero-order chi connectivity index (χ0) is 15.8. The summed E-state index contributed by atoms with van der Waals surface area (Å²) in [5.41, 5.74) is 7.90. The molecule has 0 unspecified atom stereocenters. The zero-order valence-electron chi connectivity index (χ0n) is 13.1. The Morgan fingerprint density at radius 1 is 1.29 bits per heavy atom. The van der Waals surface area contributed by atoms with Crippen molar-refractivity contribution in [2.24, 2.45) is 5.73 Å². The molecule has 1 saturated heterocycles. The third kappa shape index (κ3) is 3.29. The highest BCUT2D eigenvalue weighted by Crippen LogP contribution is 2.27. The molecule has 0 radical (unpaired) electrons. The second-order valence-corrected chi connectivity index (χ2v) is 8.10. The van der Waals surface area contributed by atoms with E-state index in [9.17, 15) is 8.42 Å². The average Bonchev–Trinajstić information content (AvgIpc) is 2.37. The highest BCUT2D eigenvalue weighted by molar-refractivity contribution is 7.89. The van der Waals surface area contributed by atoms with Crippen LogP contribution in [0.4, 0.5) is 0 Å². The Hall–Kier alpha value is -0.950. The number of aryl methyl sites for hydroxylation is 2. The van der Waals surface area contributed by atoms with Gasteiger partial charge >= 0.3 is 0 Å². The molecule has 2 N–H and O–H groups in total. The van der Waals surface area contributed by atoms with Gasteiger partial charge in [0, 0.05) is 19.6 Å². The summed E-state index contributed by atoms with van der Waals surface area (Å²) in [4.78, 5) is 0.353.